The summed E-state index contributed by atoms with van der Waals surface area (Å²) in [6.07, 6.45) is 1.61. The van der Waals surface area contributed by atoms with Gasteiger partial charge in [-0.3, -0.25) is 4.79 Å². The Morgan fingerprint density at radius 3 is 2.58 bits per heavy atom. The zero-order valence-electron chi connectivity index (χ0n) is 11.2. The van der Waals surface area contributed by atoms with Crippen LogP contribution in [0.25, 0.3) is 0 Å². The minimum absolute atomic E-state index is 0.0352. The predicted octanol–water partition coefficient (Wildman–Crippen LogP) is 2.10. The van der Waals surface area contributed by atoms with Gasteiger partial charge in [0.05, 0.1) is 0 Å². The van der Waals surface area contributed by atoms with Crippen LogP contribution in [0.2, 0.25) is 0 Å². The molecule has 3 nitrogen and oxygen atoms in total. The van der Waals surface area contributed by atoms with Crippen LogP contribution in [0.1, 0.15) is 28.8 Å². The number of nitrogens with zero attached hydrogens (tertiary/aromatic N) is 1. The van der Waals surface area contributed by atoms with Crippen molar-refractivity contribution in [2.75, 3.05) is 20.1 Å². The second-order valence-corrected chi connectivity index (χ2v) is 4.95. The Hall–Kier alpha value is -1.49. The highest BCUT2D eigenvalue weighted by Crippen LogP contribution is 2.20. The van der Waals surface area contributed by atoms with E-state index < -0.39 is 23.1 Å². The molecule has 2 rings (SSSR count). The van der Waals surface area contributed by atoms with Gasteiger partial charge in [0.2, 0.25) is 0 Å². The summed E-state index contributed by atoms with van der Waals surface area (Å²) in [6, 6.07) is 2.52. The van der Waals surface area contributed by atoms with E-state index in [-0.39, 0.29) is 11.6 Å². The van der Waals surface area contributed by atoms with Gasteiger partial charge in [0, 0.05) is 13.1 Å². The smallest absolute Gasteiger partial charge is 0.259 e. The quantitative estimate of drug-likeness (QED) is 0.891. The van der Waals surface area contributed by atoms with E-state index in [9.17, 15) is 13.6 Å². The fourth-order valence-corrected chi connectivity index (χ4v) is 2.39. The first-order chi connectivity index (χ1) is 9.02. The Bertz CT molecular complexity index is 485. The van der Waals surface area contributed by atoms with Crippen molar-refractivity contribution in [3.63, 3.8) is 0 Å². The number of benzene rings is 1. The molecule has 1 amide bonds. The highest BCUT2D eigenvalue weighted by atomic mass is 19.1. The molecule has 1 heterocycles. The molecule has 19 heavy (non-hydrogen) atoms. The minimum Gasteiger partial charge on any atom is -0.338 e. The van der Waals surface area contributed by atoms with E-state index in [1.165, 1.54) is 17.9 Å². The van der Waals surface area contributed by atoms with Gasteiger partial charge in [-0.2, -0.15) is 0 Å². The lowest BCUT2D eigenvalue weighted by Gasteiger charge is -2.31. The van der Waals surface area contributed by atoms with Gasteiger partial charge < -0.3 is 10.2 Å². The lowest BCUT2D eigenvalue weighted by Crippen LogP contribution is -2.44. The van der Waals surface area contributed by atoms with Crippen LogP contribution < -0.4 is 5.32 Å². The molecule has 0 spiro atoms. The van der Waals surface area contributed by atoms with Gasteiger partial charge in [-0.1, -0.05) is 6.07 Å². The average Bonchev–Trinajstić information content (AvgIpc) is 2.43. The number of aryl methyl sites for hydroxylation is 1. The van der Waals surface area contributed by atoms with Gasteiger partial charge in [0.15, 0.2) is 0 Å². The van der Waals surface area contributed by atoms with E-state index in [1.54, 1.807) is 7.05 Å². The Morgan fingerprint density at radius 1 is 1.32 bits per heavy atom. The van der Waals surface area contributed by atoms with Gasteiger partial charge in [0.1, 0.15) is 17.2 Å². The lowest BCUT2D eigenvalue weighted by molar-refractivity contribution is 0.0693. The molecule has 1 N–H and O–H groups in total. The molecule has 1 aliphatic rings. The van der Waals surface area contributed by atoms with Crippen molar-refractivity contribution in [3.05, 3.63) is 34.9 Å². The molecule has 0 radical (unpaired) electrons. The molecule has 1 aromatic rings. The van der Waals surface area contributed by atoms with Crippen LogP contribution in [-0.4, -0.2) is 37.0 Å². The van der Waals surface area contributed by atoms with Crippen LogP contribution in [-0.2, 0) is 0 Å². The summed E-state index contributed by atoms with van der Waals surface area (Å²) in [5.74, 6) is -2.13. The summed E-state index contributed by atoms with van der Waals surface area (Å²) < 4.78 is 27.6. The maximum Gasteiger partial charge on any atom is 0.259 e. The van der Waals surface area contributed by atoms with Crippen molar-refractivity contribution in [3.8, 4) is 0 Å². The second-order valence-electron chi connectivity index (χ2n) is 4.95. The Kier molecular flexibility index (Phi) is 4.14. The molecule has 0 aliphatic carbocycles. The van der Waals surface area contributed by atoms with Gasteiger partial charge >= 0.3 is 0 Å². The van der Waals surface area contributed by atoms with Crippen LogP contribution in [0, 0.1) is 18.6 Å². The predicted molar refractivity (Wildman–Crippen MR) is 69.1 cm³/mol. The largest absolute Gasteiger partial charge is 0.338 e. The normalized spacial score (nSPS) is 16.4. The summed E-state index contributed by atoms with van der Waals surface area (Å²) in [5.41, 5.74) is -0.163. The first-order valence-corrected chi connectivity index (χ1v) is 6.45. The van der Waals surface area contributed by atoms with E-state index in [2.05, 4.69) is 5.32 Å². The molecule has 1 saturated heterocycles. The molecule has 1 aliphatic heterocycles. The number of nitrogens with one attached hydrogen (secondary N) is 1. The van der Waals surface area contributed by atoms with Crippen LogP contribution in [0.5, 0.6) is 0 Å². The van der Waals surface area contributed by atoms with Crippen molar-refractivity contribution in [1.29, 1.82) is 0 Å². The summed E-state index contributed by atoms with van der Waals surface area (Å²) in [6.45, 7) is 3.16. The number of hydrogen-bond acceptors (Lipinski definition) is 2. The Balaban J connectivity index is 2.26. The highest BCUT2D eigenvalue weighted by Gasteiger charge is 2.27. The zero-order chi connectivity index (χ0) is 14.0. The number of piperidine rings is 1. The topological polar surface area (TPSA) is 32.3 Å². The van der Waals surface area contributed by atoms with Crippen LogP contribution in [0.3, 0.4) is 0 Å². The zero-order valence-corrected chi connectivity index (χ0v) is 11.2. The number of amides is 1. The van der Waals surface area contributed by atoms with Gasteiger partial charge in [-0.05, 0) is 44.5 Å². The maximum atomic E-state index is 13.9. The number of rotatable bonds is 2. The fourth-order valence-electron chi connectivity index (χ4n) is 2.39. The van der Waals surface area contributed by atoms with Crippen molar-refractivity contribution in [2.45, 2.75) is 25.8 Å². The molecule has 0 unspecified atom stereocenters. The SMILES string of the molecule is Cc1ccc(F)c(C(=O)N(C)C2CCNCC2)c1F. The molecule has 104 valence electrons. The van der Waals surface area contributed by atoms with E-state index in [1.807, 2.05) is 0 Å². The second kappa shape index (κ2) is 5.65. The maximum absolute atomic E-state index is 13.9. The number of carbonyl (C=O) groups excluding carboxylic acids is 1. The van der Waals surface area contributed by atoms with E-state index in [4.69, 9.17) is 0 Å². The summed E-state index contributed by atoms with van der Waals surface area (Å²) in [5, 5.41) is 3.19. The van der Waals surface area contributed by atoms with Crippen LogP contribution in [0.15, 0.2) is 12.1 Å². The Morgan fingerprint density at radius 2 is 1.95 bits per heavy atom. The molecular weight excluding hydrogens is 250 g/mol. The third-order valence-electron chi connectivity index (χ3n) is 3.67. The third-order valence-corrected chi connectivity index (χ3v) is 3.67. The summed E-state index contributed by atoms with van der Waals surface area (Å²) >= 11 is 0. The summed E-state index contributed by atoms with van der Waals surface area (Å²) in [4.78, 5) is 13.7. The van der Waals surface area contributed by atoms with E-state index >= 15 is 0 Å². The molecule has 0 bridgehead atoms. The highest BCUT2D eigenvalue weighted by molar-refractivity contribution is 5.95. The van der Waals surface area contributed by atoms with Crippen molar-refractivity contribution in [2.24, 2.45) is 0 Å². The standard InChI is InChI=1S/C14H18F2N2O/c1-9-3-4-11(15)12(13(9)16)14(19)18(2)10-5-7-17-8-6-10/h3-4,10,17H,5-8H2,1-2H3. The molecule has 1 aromatic carbocycles. The van der Waals surface area contributed by atoms with Crippen molar-refractivity contribution < 1.29 is 13.6 Å². The molecule has 0 aromatic heterocycles. The van der Waals surface area contributed by atoms with Gasteiger partial charge in [-0.25, -0.2) is 8.78 Å². The Labute approximate surface area is 111 Å². The molecule has 0 saturated carbocycles. The van der Waals surface area contributed by atoms with E-state index in [0.29, 0.717) is 0 Å². The van der Waals surface area contributed by atoms with Crippen LogP contribution in [0.4, 0.5) is 8.78 Å². The first kappa shape index (κ1) is 13.9. The fraction of sp³-hybridized carbons (Fsp3) is 0.500. The monoisotopic (exact) mass is 268 g/mol. The van der Waals surface area contributed by atoms with Gasteiger partial charge in [-0.15, -0.1) is 0 Å². The summed E-state index contributed by atoms with van der Waals surface area (Å²) in [7, 11) is 1.61. The van der Waals surface area contributed by atoms with Crippen molar-refractivity contribution in [1.82, 2.24) is 10.2 Å². The number of carbonyl (C=O) groups is 1. The number of halogens is 2. The molecule has 1 fully saturated rings. The lowest BCUT2D eigenvalue weighted by atomic mass is 10.0. The van der Waals surface area contributed by atoms with E-state index in [0.717, 1.165) is 32.0 Å². The third kappa shape index (κ3) is 2.76. The van der Waals surface area contributed by atoms with Crippen molar-refractivity contribution >= 4 is 5.91 Å². The molecule has 5 heteroatoms. The molecule has 0 atom stereocenters. The number of hydrogen-bond donors (Lipinski definition) is 1. The van der Waals surface area contributed by atoms with Gasteiger partial charge in [0.25, 0.3) is 5.91 Å². The minimum atomic E-state index is -0.797. The molecular formula is C14H18F2N2O. The first-order valence-electron chi connectivity index (χ1n) is 6.45. The van der Waals surface area contributed by atoms with Crippen LogP contribution >= 0.6 is 0 Å². The average molecular weight is 268 g/mol.